The van der Waals surface area contributed by atoms with Crippen LogP contribution in [-0.2, 0) is 4.79 Å². The maximum Gasteiger partial charge on any atom is 0.231 e. The molecule has 0 saturated carbocycles. The highest BCUT2D eigenvalue weighted by Gasteiger charge is 2.18. The summed E-state index contributed by atoms with van der Waals surface area (Å²) in [5.74, 6) is -0.317. The van der Waals surface area contributed by atoms with E-state index in [1.807, 2.05) is 37.3 Å². The van der Waals surface area contributed by atoms with E-state index in [-0.39, 0.29) is 17.6 Å². The van der Waals surface area contributed by atoms with Gasteiger partial charge in [0, 0.05) is 29.2 Å². The molecule has 1 unspecified atom stereocenters. The van der Waals surface area contributed by atoms with Crippen LogP contribution in [0.3, 0.4) is 0 Å². The highest BCUT2D eigenvalue weighted by molar-refractivity contribution is 6.09. The highest BCUT2D eigenvalue weighted by atomic mass is 16.2. The lowest BCUT2D eigenvalue weighted by atomic mass is 9.95. The molecule has 1 aromatic heterocycles. The van der Waals surface area contributed by atoms with E-state index in [0.717, 1.165) is 5.56 Å². The zero-order valence-corrected chi connectivity index (χ0v) is 14.6. The van der Waals surface area contributed by atoms with E-state index in [9.17, 15) is 9.59 Å². The minimum atomic E-state index is -0.200. The molecule has 0 radical (unpaired) electrons. The Morgan fingerprint density at radius 2 is 1.50 bits per heavy atom. The van der Waals surface area contributed by atoms with Crippen molar-refractivity contribution in [3.63, 3.8) is 0 Å². The van der Waals surface area contributed by atoms with Crippen molar-refractivity contribution in [3.8, 4) is 0 Å². The van der Waals surface area contributed by atoms with Crippen LogP contribution in [0.1, 0.15) is 40.7 Å². The highest BCUT2D eigenvalue weighted by Crippen LogP contribution is 2.22. The van der Waals surface area contributed by atoms with Gasteiger partial charge in [0.2, 0.25) is 5.91 Å². The molecular weight excluding hydrogens is 324 g/mol. The molecule has 4 nitrogen and oxygen atoms in total. The molecule has 1 amide bonds. The van der Waals surface area contributed by atoms with E-state index in [1.165, 1.54) is 0 Å². The summed E-state index contributed by atoms with van der Waals surface area (Å²) >= 11 is 0. The lowest BCUT2D eigenvalue weighted by Crippen LogP contribution is -2.20. The van der Waals surface area contributed by atoms with Gasteiger partial charge in [-0.3, -0.25) is 14.6 Å². The number of nitrogens with zero attached hydrogens (tertiary/aromatic N) is 1. The fourth-order valence-corrected chi connectivity index (χ4v) is 2.86. The van der Waals surface area contributed by atoms with E-state index in [0.29, 0.717) is 23.2 Å². The van der Waals surface area contributed by atoms with Gasteiger partial charge in [-0.05, 0) is 48.4 Å². The van der Waals surface area contributed by atoms with Crippen LogP contribution >= 0.6 is 0 Å². The van der Waals surface area contributed by atoms with Crippen LogP contribution < -0.4 is 5.32 Å². The zero-order chi connectivity index (χ0) is 18.4. The predicted octanol–water partition coefficient (Wildman–Crippen LogP) is 4.44. The van der Waals surface area contributed by atoms with Gasteiger partial charge in [0.15, 0.2) is 5.78 Å². The standard InChI is InChI=1S/C22H20N2O2/c1-2-20(16-6-4-3-5-7-16)22(26)24-19-10-8-17(9-11-19)21(25)18-12-14-23-15-13-18/h3-15,20H,2H2,1H3,(H,24,26). The smallest absolute Gasteiger partial charge is 0.231 e. The van der Waals surface area contributed by atoms with Gasteiger partial charge in [0.1, 0.15) is 0 Å². The minimum absolute atomic E-state index is 0.0492. The van der Waals surface area contributed by atoms with E-state index < -0.39 is 0 Å². The van der Waals surface area contributed by atoms with Gasteiger partial charge >= 0.3 is 0 Å². The number of hydrogen-bond acceptors (Lipinski definition) is 3. The SMILES string of the molecule is CCC(C(=O)Nc1ccc(C(=O)c2ccncc2)cc1)c1ccccc1. The van der Waals surface area contributed by atoms with Gasteiger partial charge in [0.25, 0.3) is 0 Å². The first-order valence-electron chi connectivity index (χ1n) is 8.59. The van der Waals surface area contributed by atoms with Crippen LogP contribution in [-0.4, -0.2) is 16.7 Å². The van der Waals surface area contributed by atoms with Crippen LogP contribution in [0.15, 0.2) is 79.1 Å². The first-order chi connectivity index (χ1) is 12.7. The monoisotopic (exact) mass is 344 g/mol. The topological polar surface area (TPSA) is 59.1 Å². The molecule has 0 fully saturated rings. The normalized spacial score (nSPS) is 11.6. The number of carbonyl (C=O) groups is 2. The Labute approximate surface area is 152 Å². The average molecular weight is 344 g/mol. The molecule has 1 atom stereocenters. The molecule has 3 aromatic rings. The van der Waals surface area contributed by atoms with Gasteiger partial charge in [-0.2, -0.15) is 0 Å². The second-order valence-corrected chi connectivity index (χ2v) is 6.00. The van der Waals surface area contributed by atoms with Crippen LogP contribution in [0.4, 0.5) is 5.69 Å². The number of benzene rings is 2. The summed E-state index contributed by atoms with van der Waals surface area (Å²) in [6.07, 6.45) is 3.90. The molecule has 0 spiro atoms. The van der Waals surface area contributed by atoms with Crippen LogP contribution in [0, 0.1) is 0 Å². The maximum absolute atomic E-state index is 12.6. The van der Waals surface area contributed by atoms with Gasteiger partial charge in [-0.25, -0.2) is 0 Å². The lowest BCUT2D eigenvalue weighted by Gasteiger charge is -2.15. The Bertz CT molecular complexity index is 875. The minimum Gasteiger partial charge on any atom is -0.326 e. The van der Waals surface area contributed by atoms with Crippen molar-refractivity contribution < 1.29 is 9.59 Å². The third-order valence-corrected chi connectivity index (χ3v) is 4.28. The second-order valence-electron chi connectivity index (χ2n) is 6.00. The molecule has 0 aliphatic heterocycles. The van der Waals surface area contributed by atoms with Gasteiger partial charge in [-0.15, -0.1) is 0 Å². The largest absolute Gasteiger partial charge is 0.326 e. The van der Waals surface area contributed by atoms with Crippen molar-refractivity contribution in [3.05, 3.63) is 95.8 Å². The van der Waals surface area contributed by atoms with E-state index in [4.69, 9.17) is 0 Å². The summed E-state index contributed by atoms with van der Waals surface area (Å²) < 4.78 is 0. The quantitative estimate of drug-likeness (QED) is 0.672. The van der Waals surface area contributed by atoms with Crippen LogP contribution in [0.25, 0.3) is 0 Å². The third-order valence-electron chi connectivity index (χ3n) is 4.28. The number of carbonyl (C=O) groups excluding carboxylic acids is 2. The number of pyridine rings is 1. The molecule has 0 aliphatic rings. The van der Waals surface area contributed by atoms with Gasteiger partial charge < -0.3 is 5.32 Å². The molecule has 0 saturated heterocycles. The molecule has 0 bridgehead atoms. The summed E-state index contributed by atoms with van der Waals surface area (Å²) in [5, 5.41) is 2.94. The molecular formula is C22H20N2O2. The van der Waals surface area contributed by atoms with Crippen molar-refractivity contribution in [2.45, 2.75) is 19.3 Å². The van der Waals surface area contributed by atoms with E-state index >= 15 is 0 Å². The molecule has 130 valence electrons. The number of aromatic nitrogens is 1. The summed E-state index contributed by atoms with van der Waals surface area (Å²) in [7, 11) is 0. The van der Waals surface area contributed by atoms with Crippen molar-refractivity contribution in [2.24, 2.45) is 0 Å². The Kier molecular flexibility index (Phi) is 5.54. The number of hydrogen-bond donors (Lipinski definition) is 1. The second kappa shape index (κ2) is 8.21. The fraction of sp³-hybridized carbons (Fsp3) is 0.136. The lowest BCUT2D eigenvalue weighted by molar-refractivity contribution is -0.117. The predicted molar refractivity (Wildman–Crippen MR) is 102 cm³/mol. The Morgan fingerprint density at radius 1 is 0.885 bits per heavy atom. The molecule has 1 heterocycles. The van der Waals surface area contributed by atoms with Crippen LogP contribution in [0.2, 0.25) is 0 Å². The third kappa shape index (κ3) is 4.03. The number of anilines is 1. The Morgan fingerprint density at radius 3 is 2.12 bits per heavy atom. The number of nitrogens with one attached hydrogen (secondary N) is 1. The van der Waals surface area contributed by atoms with Crippen LogP contribution in [0.5, 0.6) is 0 Å². The van der Waals surface area contributed by atoms with Crippen molar-refractivity contribution in [1.82, 2.24) is 4.98 Å². The molecule has 2 aromatic carbocycles. The summed E-state index contributed by atoms with van der Waals surface area (Å²) in [6, 6.07) is 20.1. The van der Waals surface area contributed by atoms with Crippen molar-refractivity contribution >= 4 is 17.4 Å². The Hall–Kier alpha value is -3.27. The zero-order valence-electron chi connectivity index (χ0n) is 14.6. The van der Waals surface area contributed by atoms with Crippen molar-refractivity contribution in [1.29, 1.82) is 0 Å². The molecule has 1 N–H and O–H groups in total. The Balaban J connectivity index is 1.71. The van der Waals surface area contributed by atoms with E-state index in [1.54, 1.807) is 48.8 Å². The van der Waals surface area contributed by atoms with Crippen molar-refractivity contribution in [2.75, 3.05) is 5.32 Å². The van der Waals surface area contributed by atoms with Gasteiger partial charge in [-0.1, -0.05) is 37.3 Å². The fourth-order valence-electron chi connectivity index (χ4n) is 2.86. The summed E-state index contributed by atoms with van der Waals surface area (Å²) in [5.41, 5.74) is 2.84. The van der Waals surface area contributed by atoms with Gasteiger partial charge in [0.05, 0.1) is 5.92 Å². The molecule has 0 aliphatic carbocycles. The summed E-state index contributed by atoms with van der Waals surface area (Å²) in [4.78, 5) is 28.9. The number of rotatable bonds is 6. The van der Waals surface area contributed by atoms with E-state index in [2.05, 4.69) is 10.3 Å². The number of ketones is 1. The molecule has 3 rings (SSSR count). The summed E-state index contributed by atoms with van der Waals surface area (Å²) in [6.45, 7) is 1.99. The molecule has 26 heavy (non-hydrogen) atoms. The first-order valence-corrected chi connectivity index (χ1v) is 8.59. The first kappa shape index (κ1) is 17.5. The number of amides is 1. The molecule has 4 heteroatoms. The average Bonchev–Trinajstić information content (AvgIpc) is 2.70. The maximum atomic E-state index is 12.6.